The molecule has 0 amide bonds. The number of fused-ring (bicyclic) bond motifs is 6. The Hall–Kier alpha value is -7.14. The van der Waals surface area contributed by atoms with Crippen LogP contribution in [0, 0.1) is 0 Å². The van der Waals surface area contributed by atoms with Gasteiger partial charge < -0.3 is 4.74 Å². The third-order valence-corrected chi connectivity index (χ3v) is 12.2. The lowest BCUT2D eigenvalue weighted by molar-refractivity contribution is 0.475. The summed E-state index contributed by atoms with van der Waals surface area (Å²) in [5.41, 5.74) is 15.0. The molecule has 0 bridgehead atoms. The number of thiophene rings is 1. The van der Waals surface area contributed by atoms with Gasteiger partial charge >= 0.3 is 0 Å². The van der Waals surface area contributed by atoms with Crippen molar-refractivity contribution in [3.05, 3.63) is 217 Å². The molecule has 0 N–H and O–H groups in total. The van der Waals surface area contributed by atoms with Crippen molar-refractivity contribution in [2.75, 3.05) is 0 Å². The standard InChI is InChI=1S/C53H34N2OS/c1-3-14-36(15-4-1)53-54-50(52-51(55-53)45-23-10-12-25-48(45)57-52)35-28-26-34(27-29-35)37-16-13-17-38(32-37)39-30-31-42-41-20-7-8-21-43(41)49(46(42)33-39)44-22-9-11-24-47(44)56-40-18-5-2-6-19-40/h1-33,49H. The SMILES string of the molecule is c1ccc(Oc2ccccc2C2c3ccccc3-c3ccc(-c4cccc(-c5ccc(-c6nc(-c7ccccc7)nc7c6sc6ccccc67)cc5)c4)cc32)cc1. The van der Waals surface area contributed by atoms with Crippen LogP contribution in [-0.4, -0.2) is 9.97 Å². The van der Waals surface area contributed by atoms with E-state index in [4.69, 9.17) is 14.7 Å². The average molecular weight is 747 g/mol. The van der Waals surface area contributed by atoms with E-state index in [2.05, 4.69) is 152 Å². The minimum atomic E-state index is 0.0448. The normalized spacial score (nSPS) is 13.1. The zero-order valence-electron chi connectivity index (χ0n) is 30.8. The first-order valence-corrected chi connectivity index (χ1v) is 20.1. The molecule has 11 rings (SSSR count). The zero-order valence-corrected chi connectivity index (χ0v) is 31.7. The van der Waals surface area contributed by atoms with Gasteiger partial charge in [0.1, 0.15) is 11.5 Å². The molecule has 0 saturated heterocycles. The van der Waals surface area contributed by atoms with Gasteiger partial charge in [0.15, 0.2) is 5.82 Å². The topological polar surface area (TPSA) is 35.0 Å². The van der Waals surface area contributed by atoms with Crippen LogP contribution in [-0.2, 0) is 0 Å². The Morgan fingerprint density at radius 1 is 0.421 bits per heavy atom. The van der Waals surface area contributed by atoms with Crippen LogP contribution >= 0.6 is 11.3 Å². The van der Waals surface area contributed by atoms with E-state index in [0.717, 1.165) is 55.5 Å². The Kier molecular flexibility index (Phi) is 8.08. The Morgan fingerprint density at radius 2 is 1.04 bits per heavy atom. The van der Waals surface area contributed by atoms with Crippen LogP contribution in [0.3, 0.4) is 0 Å². The molecule has 0 radical (unpaired) electrons. The first-order chi connectivity index (χ1) is 28.2. The zero-order chi connectivity index (χ0) is 37.7. The summed E-state index contributed by atoms with van der Waals surface area (Å²) in [6, 6.07) is 70.8. The Morgan fingerprint density at radius 3 is 1.88 bits per heavy atom. The third kappa shape index (κ3) is 5.90. The number of nitrogens with zero attached hydrogens (tertiary/aromatic N) is 2. The van der Waals surface area contributed by atoms with Gasteiger partial charge in [-0.05, 0) is 80.9 Å². The van der Waals surface area contributed by atoms with Crippen LogP contribution in [0.5, 0.6) is 11.5 Å². The predicted molar refractivity (Wildman–Crippen MR) is 236 cm³/mol. The van der Waals surface area contributed by atoms with Crippen LogP contribution < -0.4 is 4.74 Å². The number of aromatic nitrogens is 2. The molecule has 1 unspecified atom stereocenters. The van der Waals surface area contributed by atoms with E-state index in [9.17, 15) is 0 Å². The monoisotopic (exact) mass is 746 g/mol. The van der Waals surface area contributed by atoms with Crippen molar-refractivity contribution in [2.45, 2.75) is 5.92 Å². The maximum atomic E-state index is 6.52. The van der Waals surface area contributed by atoms with Crippen LogP contribution in [0.1, 0.15) is 22.6 Å². The maximum Gasteiger partial charge on any atom is 0.160 e. The summed E-state index contributed by atoms with van der Waals surface area (Å²) in [4.78, 5) is 10.3. The van der Waals surface area contributed by atoms with Crippen LogP contribution in [0.2, 0.25) is 0 Å². The fraction of sp³-hybridized carbons (Fsp3) is 0.0189. The van der Waals surface area contributed by atoms with Crippen molar-refractivity contribution in [1.82, 2.24) is 9.97 Å². The van der Waals surface area contributed by atoms with Crippen LogP contribution in [0.25, 0.3) is 76.3 Å². The second-order valence-corrected chi connectivity index (χ2v) is 15.5. The number of para-hydroxylation sites is 2. The maximum absolute atomic E-state index is 6.52. The van der Waals surface area contributed by atoms with Gasteiger partial charge in [-0.25, -0.2) is 9.97 Å². The summed E-state index contributed by atoms with van der Waals surface area (Å²) in [6.07, 6.45) is 0. The minimum absolute atomic E-state index is 0.0448. The quantitative estimate of drug-likeness (QED) is 0.163. The molecular weight excluding hydrogens is 713 g/mol. The highest BCUT2D eigenvalue weighted by Gasteiger charge is 2.32. The van der Waals surface area contributed by atoms with E-state index in [-0.39, 0.29) is 5.92 Å². The summed E-state index contributed by atoms with van der Waals surface area (Å²) in [6.45, 7) is 0. The highest BCUT2D eigenvalue weighted by atomic mass is 32.1. The van der Waals surface area contributed by atoms with Gasteiger partial charge in [0.25, 0.3) is 0 Å². The van der Waals surface area contributed by atoms with Crippen molar-refractivity contribution in [1.29, 1.82) is 0 Å². The highest BCUT2D eigenvalue weighted by molar-refractivity contribution is 7.26. The Balaban J connectivity index is 0.959. The minimum Gasteiger partial charge on any atom is -0.457 e. The van der Waals surface area contributed by atoms with E-state index in [1.54, 1.807) is 11.3 Å². The summed E-state index contributed by atoms with van der Waals surface area (Å²) < 4.78 is 8.85. The lowest BCUT2D eigenvalue weighted by Gasteiger charge is -2.19. The fourth-order valence-corrected chi connectivity index (χ4v) is 9.51. The predicted octanol–water partition coefficient (Wildman–Crippen LogP) is 14.5. The molecule has 57 heavy (non-hydrogen) atoms. The molecule has 3 nitrogen and oxygen atoms in total. The van der Waals surface area contributed by atoms with Gasteiger partial charge in [-0.1, -0.05) is 164 Å². The number of hydrogen-bond acceptors (Lipinski definition) is 4. The van der Waals surface area contributed by atoms with Gasteiger partial charge in [0.2, 0.25) is 0 Å². The number of rotatable bonds is 7. The first kappa shape index (κ1) is 33.2. The molecule has 2 aromatic heterocycles. The average Bonchev–Trinajstić information content (AvgIpc) is 3.82. The summed E-state index contributed by atoms with van der Waals surface area (Å²) in [7, 11) is 0. The third-order valence-electron chi connectivity index (χ3n) is 11.1. The number of ether oxygens (including phenoxy) is 1. The van der Waals surface area contributed by atoms with E-state index in [1.165, 1.54) is 49.0 Å². The second kappa shape index (κ2) is 13.9. The lowest BCUT2D eigenvalue weighted by Crippen LogP contribution is -2.02. The van der Waals surface area contributed by atoms with Crippen molar-refractivity contribution < 1.29 is 4.74 Å². The molecule has 0 fully saturated rings. The van der Waals surface area contributed by atoms with Gasteiger partial charge in [0, 0.05) is 32.7 Å². The van der Waals surface area contributed by atoms with E-state index in [1.807, 2.05) is 48.5 Å². The largest absolute Gasteiger partial charge is 0.457 e. The molecule has 1 aliphatic rings. The Bertz CT molecular complexity index is 3100. The Labute approximate surface area is 335 Å². The van der Waals surface area contributed by atoms with E-state index >= 15 is 0 Å². The van der Waals surface area contributed by atoms with Crippen LogP contribution in [0.15, 0.2) is 200 Å². The smallest absolute Gasteiger partial charge is 0.160 e. The first-order valence-electron chi connectivity index (χ1n) is 19.3. The summed E-state index contributed by atoms with van der Waals surface area (Å²) in [5.74, 6) is 2.49. The van der Waals surface area contributed by atoms with E-state index < -0.39 is 0 Å². The van der Waals surface area contributed by atoms with Gasteiger partial charge in [0.05, 0.1) is 15.9 Å². The van der Waals surface area contributed by atoms with Crippen LogP contribution in [0.4, 0.5) is 0 Å². The molecule has 0 saturated carbocycles. The molecule has 8 aromatic carbocycles. The molecular formula is C53H34N2OS. The van der Waals surface area contributed by atoms with Crippen molar-refractivity contribution in [2.24, 2.45) is 0 Å². The van der Waals surface area contributed by atoms with E-state index in [0.29, 0.717) is 0 Å². The molecule has 10 aromatic rings. The molecule has 0 aliphatic heterocycles. The van der Waals surface area contributed by atoms with Crippen molar-refractivity contribution in [3.63, 3.8) is 0 Å². The summed E-state index contributed by atoms with van der Waals surface area (Å²) in [5, 5.41) is 1.17. The van der Waals surface area contributed by atoms with Gasteiger partial charge in [-0.15, -0.1) is 11.3 Å². The molecule has 0 spiro atoms. The number of benzene rings is 8. The molecule has 268 valence electrons. The fourth-order valence-electron chi connectivity index (χ4n) is 8.35. The lowest BCUT2D eigenvalue weighted by atomic mass is 9.87. The second-order valence-electron chi connectivity index (χ2n) is 14.5. The molecule has 1 atom stereocenters. The molecule has 4 heteroatoms. The van der Waals surface area contributed by atoms with Crippen molar-refractivity contribution in [3.8, 4) is 67.5 Å². The molecule has 1 aliphatic carbocycles. The highest BCUT2D eigenvalue weighted by Crippen LogP contribution is 2.51. The summed E-state index contributed by atoms with van der Waals surface area (Å²) >= 11 is 1.76. The number of hydrogen-bond donors (Lipinski definition) is 0. The molecule has 2 heterocycles. The van der Waals surface area contributed by atoms with Gasteiger partial charge in [-0.3, -0.25) is 0 Å². The van der Waals surface area contributed by atoms with Gasteiger partial charge in [-0.2, -0.15) is 0 Å². The van der Waals surface area contributed by atoms with Crippen molar-refractivity contribution >= 4 is 31.6 Å².